The molecule has 2 N–H and O–H groups in total. The van der Waals surface area contributed by atoms with Gasteiger partial charge in [0.15, 0.2) is 0 Å². The summed E-state index contributed by atoms with van der Waals surface area (Å²) in [5.74, 6) is 0.662. The molecule has 2 aromatic rings. The van der Waals surface area contributed by atoms with Crippen LogP contribution in [0.3, 0.4) is 0 Å². The summed E-state index contributed by atoms with van der Waals surface area (Å²) in [5, 5.41) is 1.80. The Morgan fingerprint density at radius 1 is 1.38 bits per heavy atom. The van der Waals surface area contributed by atoms with Crippen molar-refractivity contribution in [1.29, 1.82) is 0 Å². The molecule has 0 bridgehead atoms. The zero-order valence-electron chi connectivity index (χ0n) is 12.4. The van der Waals surface area contributed by atoms with Gasteiger partial charge in [-0.1, -0.05) is 24.6 Å². The molecule has 1 aromatic heterocycles. The fraction of sp³-hybridized carbons (Fsp3) is 0.471. The van der Waals surface area contributed by atoms with Crippen LogP contribution in [0.4, 0.5) is 0 Å². The standard InChI is InChI=1S/C17H22ClN3/c1-12-4-3-9-21(16(12)10-19)11-13-6-7-15(18)14-5-2-8-20-17(13)14/h2,5-8,12,16H,3-4,9-11,19H2,1H3. The predicted molar refractivity (Wildman–Crippen MR) is 88.4 cm³/mol. The number of piperidine rings is 1. The quantitative estimate of drug-likeness (QED) is 0.944. The molecule has 1 fully saturated rings. The maximum atomic E-state index is 6.28. The monoisotopic (exact) mass is 303 g/mol. The lowest BCUT2D eigenvalue weighted by Gasteiger charge is -2.39. The smallest absolute Gasteiger partial charge is 0.0761 e. The Morgan fingerprint density at radius 3 is 3.05 bits per heavy atom. The second-order valence-electron chi connectivity index (χ2n) is 6.00. The van der Waals surface area contributed by atoms with Crippen LogP contribution in [0, 0.1) is 5.92 Å². The Labute approximate surface area is 131 Å². The Kier molecular flexibility index (Phi) is 4.43. The van der Waals surface area contributed by atoms with Crippen LogP contribution < -0.4 is 5.73 Å². The molecule has 1 aliphatic heterocycles. The van der Waals surface area contributed by atoms with Crippen molar-refractivity contribution in [2.75, 3.05) is 13.1 Å². The summed E-state index contributed by atoms with van der Waals surface area (Å²) in [6.45, 7) is 5.04. The van der Waals surface area contributed by atoms with Crippen molar-refractivity contribution in [1.82, 2.24) is 9.88 Å². The molecule has 2 atom stereocenters. The summed E-state index contributed by atoms with van der Waals surface area (Å²) in [4.78, 5) is 7.04. The number of hydrogen-bond donors (Lipinski definition) is 1. The average Bonchev–Trinajstić information content (AvgIpc) is 2.51. The second kappa shape index (κ2) is 6.30. The molecule has 1 aliphatic rings. The fourth-order valence-corrected chi connectivity index (χ4v) is 3.67. The van der Waals surface area contributed by atoms with E-state index in [1.54, 1.807) is 0 Å². The van der Waals surface area contributed by atoms with Crippen LogP contribution in [-0.2, 0) is 6.54 Å². The summed E-state index contributed by atoms with van der Waals surface area (Å²) >= 11 is 6.28. The number of hydrogen-bond acceptors (Lipinski definition) is 3. The highest BCUT2D eigenvalue weighted by molar-refractivity contribution is 6.35. The van der Waals surface area contributed by atoms with Crippen LogP contribution in [-0.4, -0.2) is 29.0 Å². The first-order valence-electron chi connectivity index (χ1n) is 7.67. The molecule has 21 heavy (non-hydrogen) atoms. The second-order valence-corrected chi connectivity index (χ2v) is 6.41. The lowest BCUT2D eigenvalue weighted by molar-refractivity contribution is 0.0994. The summed E-state index contributed by atoms with van der Waals surface area (Å²) < 4.78 is 0. The summed E-state index contributed by atoms with van der Waals surface area (Å²) in [6, 6.07) is 8.51. The van der Waals surface area contributed by atoms with Crippen molar-refractivity contribution in [2.45, 2.75) is 32.4 Å². The van der Waals surface area contributed by atoms with E-state index in [-0.39, 0.29) is 0 Å². The molecule has 1 saturated heterocycles. The third-order valence-electron chi connectivity index (χ3n) is 4.65. The molecule has 1 aromatic carbocycles. The van der Waals surface area contributed by atoms with E-state index in [0.717, 1.165) is 35.6 Å². The van der Waals surface area contributed by atoms with Gasteiger partial charge in [0.2, 0.25) is 0 Å². The first-order chi connectivity index (χ1) is 10.2. The largest absolute Gasteiger partial charge is 0.329 e. The number of likely N-dealkylation sites (tertiary alicyclic amines) is 1. The van der Waals surface area contributed by atoms with Crippen LogP contribution in [0.25, 0.3) is 10.9 Å². The fourth-order valence-electron chi connectivity index (χ4n) is 3.45. The van der Waals surface area contributed by atoms with Crippen molar-refractivity contribution >= 4 is 22.5 Å². The van der Waals surface area contributed by atoms with Gasteiger partial charge in [0, 0.05) is 35.7 Å². The van der Waals surface area contributed by atoms with Gasteiger partial charge in [-0.3, -0.25) is 9.88 Å². The molecule has 0 spiro atoms. The number of nitrogens with two attached hydrogens (primary N) is 1. The lowest BCUT2D eigenvalue weighted by Crippen LogP contribution is -2.48. The molecular weight excluding hydrogens is 282 g/mol. The number of aromatic nitrogens is 1. The van der Waals surface area contributed by atoms with Gasteiger partial charge in [-0.25, -0.2) is 0 Å². The normalized spacial score (nSPS) is 23.6. The molecule has 0 radical (unpaired) electrons. The topological polar surface area (TPSA) is 42.2 Å². The van der Waals surface area contributed by atoms with Crippen LogP contribution in [0.1, 0.15) is 25.3 Å². The SMILES string of the molecule is CC1CCCN(Cc2ccc(Cl)c3cccnc23)C1CN. The van der Waals surface area contributed by atoms with E-state index in [0.29, 0.717) is 12.0 Å². The van der Waals surface area contributed by atoms with Crippen molar-refractivity contribution in [3.8, 4) is 0 Å². The zero-order chi connectivity index (χ0) is 14.8. The van der Waals surface area contributed by atoms with Crippen LogP contribution in [0.5, 0.6) is 0 Å². The minimum atomic E-state index is 0.466. The summed E-state index contributed by atoms with van der Waals surface area (Å²) in [5.41, 5.74) is 8.25. The molecule has 2 unspecified atom stereocenters. The van der Waals surface area contributed by atoms with Gasteiger partial charge in [-0.05, 0) is 49.1 Å². The Bertz CT molecular complexity index is 628. The maximum absolute atomic E-state index is 6.28. The van der Waals surface area contributed by atoms with Gasteiger partial charge >= 0.3 is 0 Å². The first-order valence-corrected chi connectivity index (χ1v) is 8.04. The van der Waals surface area contributed by atoms with Gasteiger partial charge in [0.25, 0.3) is 0 Å². The molecule has 4 heteroatoms. The third-order valence-corrected chi connectivity index (χ3v) is 4.98. The van der Waals surface area contributed by atoms with Gasteiger partial charge in [-0.15, -0.1) is 0 Å². The number of nitrogens with zero attached hydrogens (tertiary/aromatic N) is 2. The van der Waals surface area contributed by atoms with Crippen molar-refractivity contribution < 1.29 is 0 Å². The minimum absolute atomic E-state index is 0.466. The highest BCUT2D eigenvalue weighted by Gasteiger charge is 2.27. The molecule has 0 saturated carbocycles. The van der Waals surface area contributed by atoms with E-state index in [4.69, 9.17) is 17.3 Å². The van der Waals surface area contributed by atoms with E-state index >= 15 is 0 Å². The van der Waals surface area contributed by atoms with Crippen molar-refractivity contribution in [3.63, 3.8) is 0 Å². The number of pyridine rings is 1. The summed E-state index contributed by atoms with van der Waals surface area (Å²) in [7, 11) is 0. The van der Waals surface area contributed by atoms with Gasteiger partial charge in [0.1, 0.15) is 0 Å². The van der Waals surface area contributed by atoms with E-state index in [1.165, 1.54) is 18.4 Å². The van der Waals surface area contributed by atoms with E-state index in [2.05, 4.69) is 22.9 Å². The predicted octanol–water partition coefficient (Wildman–Crippen LogP) is 3.45. The zero-order valence-corrected chi connectivity index (χ0v) is 13.2. The summed E-state index contributed by atoms with van der Waals surface area (Å²) in [6.07, 6.45) is 4.36. The Balaban J connectivity index is 1.93. The van der Waals surface area contributed by atoms with Crippen LogP contribution in [0.2, 0.25) is 5.02 Å². The van der Waals surface area contributed by atoms with E-state index in [1.807, 2.05) is 24.4 Å². The van der Waals surface area contributed by atoms with E-state index in [9.17, 15) is 0 Å². The maximum Gasteiger partial charge on any atom is 0.0761 e. The molecule has 0 aliphatic carbocycles. The molecule has 0 amide bonds. The number of rotatable bonds is 3. The van der Waals surface area contributed by atoms with Crippen LogP contribution >= 0.6 is 11.6 Å². The number of halogens is 1. The molecule has 2 heterocycles. The number of fused-ring (bicyclic) bond motifs is 1. The Hall–Kier alpha value is -1.16. The first kappa shape index (κ1) is 14.8. The molecule has 3 rings (SSSR count). The van der Waals surface area contributed by atoms with Crippen LogP contribution in [0.15, 0.2) is 30.5 Å². The van der Waals surface area contributed by atoms with Gasteiger partial charge < -0.3 is 5.73 Å². The van der Waals surface area contributed by atoms with Gasteiger partial charge in [-0.2, -0.15) is 0 Å². The third kappa shape index (κ3) is 2.91. The average molecular weight is 304 g/mol. The molecule has 112 valence electrons. The highest BCUT2D eigenvalue weighted by Crippen LogP contribution is 2.29. The highest BCUT2D eigenvalue weighted by atomic mass is 35.5. The Morgan fingerprint density at radius 2 is 2.24 bits per heavy atom. The minimum Gasteiger partial charge on any atom is -0.329 e. The molecular formula is C17H22ClN3. The number of benzene rings is 1. The van der Waals surface area contributed by atoms with E-state index < -0.39 is 0 Å². The van der Waals surface area contributed by atoms with Crippen molar-refractivity contribution in [2.24, 2.45) is 11.7 Å². The van der Waals surface area contributed by atoms with Crippen molar-refractivity contribution in [3.05, 3.63) is 41.0 Å². The lowest BCUT2D eigenvalue weighted by atomic mass is 9.90. The van der Waals surface area contributed by atoms with Gasteiger partial charge in [0.05, 0.1) is 5.52 Å². The molecule has 3 nitrogen and oxygen atoms in total.